The number of hydrogen-bond acceptors (Lipinski definition) is 4. The van der Waals surface area contributed by atoms with Crippen molar-refractivity contribution in [1.29, 1.82) is 0 Å². The van der Waals surface area contributed by atoms with E-state index in [2.05, 4.69) is 10.2 Å². The highest BCUT2D eigenvalue weighted by atomic mass is 35.5. The van der Waals surface area contributed by atoms with Gasteiger partial charge in [0.05, 0.1) is 17.1 Å². The van der Waals surface area contributed by atoms with E-state index in [1.54, 1.807) is 19.2 Å². The van der Waals surface area contributed by atoms with Gasteiger partial charge < -0.3 is 9.32 Å². The number of nitrogens with zero attached hydrogens (tertiary/aromatic N) is 3. The van der Waals surface area contributed by atoms with Crippen molar-refractivity contribution in [2.24, 2.45) is 0 Å². The highest BCUT2D eigenvalue weighted by molar-refractivity contribution is 6.36. The summed E-state index contributed by atoms with van der Waals surface area (Å²) in [6, 6.07) is 14.2. The summed E-state index contributed by atoms with van der Waals surface area (Å²) in [5, 5.41) is 8.76. The van der Waals surface area contributed by atoms with Crippen LogP contribution in [-0.4, -0.2) is 28.1 Å². The second kappa shape index (κ2) is 7.03. The molecule has 0 aliphatic carbocycles. The summed E-state index contributed by atoms with van der Waals surface area (Å²) in [5.41, 5.74) is 1.19. The van der Waals surface area contributed by atoms with Gasteiger partial charge in [0, 0.05) is 17.6 Å². The van der Waals surface area contributed by atoms with Crippen LogP contribution in [0.5, 0.6) is 0 Å². The molecule has 0 saturated heterocycles. The Bertz CT molecular complexity index is 865. The molecule has 1 heterocycles. The molecule has 0 radical (unpaired) electrons. The van der Waals surface area contributed by atoms with Crippen molar-refractivity contribution in [1.82, 2.24) is 15.1 Å². The predicted octanol–water partition coefficient (Wildman–Crippen LogP) is 4.32. The van der Waals surface area contributed by atoms with Crippen molar-refractivity contribution >= 4 is 29.1 Å². The molecule has 24 heavy (non-hydrogen) atoms. The maximum Gasteiger partial charge on any atom is 0.255 e. The summed E-state index contributed by atoms with van der Waals surface area (Å²) in [6.45, 7) is 0.178. The monoisotopic (exact) mass is 361 g/mol. The van der Waals surface area contributed by atoms with Gasteiger partial charge in [0.15, 0.2) is 0 Å². The summed E-state index contributed by atoms with van der Waals surface area (Å²) >= 11 is 11.9. The Labute approximate surface area is 148 Å². The van der Waals surface area contributed by atoms with Crippen LogP contribution in [0.3, 0.4) is 0 Å². The number of carbonyl (C=O) groups is 1. The molecule has 3 aromatic rings. The lowest BCUT2D eigenvalue weighted by atomic mass is 10.2. The fourth-order valence-electron chi connectivity index (χ4n) is 2.16. The molecule has 0 atom stereocenters. The lowest BCUT2D eigenvalue weighted by molar-refractivity contribution is 0.0773. The molecule has 0 fully saturated rings. The fraction of sp³-hybridized carbons (Fsp3) is 0.118. The number of halogens is 2. The lowest BCUT2D eigenvalue weighted by Gasteiger charge is -2.15. The number of aromatic nitrogens is 2. The molecule has 0 aliphatic heterocycles. The van der Waals surface area contributed by atoms with Gasteiger partial charge in [-0.25, -0.2) is 0 Å². The van der Waals surface area contributed by atoms with E-state index in [-0.39, 0.29) is 12.5 Å². The molecule has 2 aromatic carbocycles. The number of carbonyl (C=O) groups excluding carboxylic acids is 1. The van der Waals surface area contributed by atoms with Crippen molar-refractivity contribution in [3.63, 3.8) is 0 Å². The van der Waals surface area contributed by atoms with Crippen LogP contribution < -0.4 is 0 Å². The van der Waals surface area contributed by atoms with Crippen molar-refractivity contribution < 1.29 is 9.21 Å². The van der Waals surface area contributed by atoms with E-state index in [0.29, 0.717) is 27.4 Å². The molecule has 1 aromatic heterocycles. The molecule has 122 valence electrons. The summed E-state index contributed by atoms with van der Waals surface area (Å²) in [4.78, 5) is 13.9. The smallest absolute Gasteiger partial charge is 0.255 e. The summed E-state index contributed by atoms with van der Waals surface area (Å²) in [6.07, 6.45) is 0. The zero-order valence-electron chi connectivity index (χ0n) is 12.7. The summed E-state index contributed by atoms with van der Waals surface area (Å²) in [5.74, 6) is 0.502. The number of benzene rings is 2. The van der Waals surface area contributed by atoms with Crippen LogP contribution in [0.4, 0.5) is 0 Å². The summed E-state index contributed by atoms with van der Waals surface area (Å²) < 4.78 is 5.61. The Morgan fingerprint density at radius 3 is 2.58 bits per heavy atom. The van der Waals surface area contributed by atoms with Crippen LogP contribution in [0, 0.1) is 0 Å². The first-order chi connectivity index (χ1) is 11.5. The molecule has 5 nitrogen and oxygen atoms in total. The van der Waals surface area contributed by atoms with Gasteiger partial charge in [-0.3, -0.25) is 4.79 Å². The van der Waals surface area contributed by atoms with Gasteiger partial charge in [-0.15, -0.1) is 10.2 Å². The average Bonchev–Trinajstić information content (AvgIpc) is 3.03. The first kappa shape index (κ1) is 16.5. The van der Waals surface area contributed by atoms with Gasteiger partial charge in [0.1, 0.15) is 0 Å². The number of hydrogen-bond donors (Lipinski definition) is 0. The van der Waals surface area contributed by atoms with Crippen LogP contribution >= 0.6 is 23.2 Å². The predicted molar refractivity (Wildman–Crippen MR) is 92.0 cm³/mol. The first-order valence-electron chi connectivity index (χ1n) is 7.13. The molecule has 0 saturated carbocycles. The van der Waals surface area contributed by atoms with E-state index in [0.717, 1.165) is 5.56 Å². The zero-order chi connectivity index (χ0) is 17.1. The van der Waals surface area contributed by atoms with Crippen molar-refractivity contribution in [3.8, 4) is 11.5 Å². The van der Waals surface area contributed by atoms with Gasteiger partial charge in [0.25, 0.3) is 5.91 Å². The lowest BCUT2D eigenvalue weighted by Crippen LogP contribution is -2.26. The molecular weight excluding hydrogens is 349 g/mol. The second-order valence-electron chi connectivity index (χ2n) is 5.15. The van der Waals surface area contributed by atoms with Gasteiger partial charge in [-0.05, 0) is 30.3 Å². The van der Waals surface area contributed by atoms with E-state index in [9.17, 15) is 4.79 Å². The van der Waals surface area contributed by atoms with Crippen LogP contribution in [0.25, 0.3) is 11.5 Å². The molecule has 0 aliphatic rings. The number of amides is 1. The minimum Gasteiger partial charge on any atom is -0.419 e. The van der Waals surface area contributed by atoms with E-state index >= 15 is 0 Å². The highest BCUT2D eigenvalue weighted by Crippen LogP contribution is 2.23. The average molecular weight is 362 g/mol. The topological polar surface area (TPSA) is 59.2 Å². The Kier molecular flexibility index (Phi) is 4.83. The Morgan fingerprint density at radius 1 is 1.12 bits per heavy atom. The quantitative estimate of drug-likeness (QED) is 0.694. The van der Waals surface area contributed by atoms with Crippen molar-refractivity contribution in [2.75, 3.05) is 7.05 Å². The van der Waals surface area contributed by atoms with Crippen LogP contribution in [0.15, 0.2) is 52.9 Å². The molecule has 1 amide bonds. The van der Waals surface area contributed by atoms with E-state index < -0.39 is 0 Å². The second-order valence-corrected chi connectivity index (χ2v) is 6.00. The van der Waals surface area contributed by atoms with Crippen LogP contribution in [0.2, 0.25) is 10.0 Å². The van der Waals surface area contributed by atoms with Gasteiger partial charge in [0.2, 0.25) is 11.8 Å². The maximum absolute atomic E-state index is 12.5. The molecule has 7 heteroatoms. The van der Waals surface area contributed by atoms with Crippen molar-refractivity contribution in [2.45, 2.75) is 6.54 Å². The molecular formula is C17H13Cl2N3O2. The SMILES string of the molecule is CN(Cc1nnc(-c2ccccc2)o1)C(=O)c1ccc(Cl)cc1Cl. The Morgan fingerprint density at radius 2 is 1.88 bits per heavy atom. The van der Waals surface area contributed by atoms with E-state index in [4.69, 9.17) is 27.6 Å². The first-order valence-corrected chi connectivity index (χ1v) is 7.88. The van der Waals surface area contributed by atoms with Crippen LogP contribution in [-0.2, 0) is 6.54 Å². The molecule has 0 spiro atoms. The van der Waals surface area contributed by atoms with E-state index in [1.165, 1.54) is 11.0 Å². The van der Waals surface area contributed by atoms with E-state index in [1.807, 2.05) is 30.3 Å². The molecule has 3 rings (SSSR count). The highest BCUT2D eigenvalue weighted by Gasteiger charge is 2.18. The third-order valence-electron chi connectivity index (χ3n) is 3.37. The minimum atomic E-state index is -0.254. The van der Waals surface area contributed by atoms with Crippen molar-refractivity contribution in [3.05, 3.63) is 70.0 Å². The van der Waals surface area contributed by atoms with Gasteiger partial charge in [-0.1, -0.05) is 41.4 Å². The normalized spacial score (nSPS) is 10.6. The Balaban J connectivity index is 1.74. The standard InChI is InChI=1S/C17H13Cl2N3O2/c1-22(17(23)13-8-7-12(18)9-14(13)19)10-15-20-21-16(24-15)11-5-3-2-4-6-11/h2-9H,10H2,1H3. The zero-order valence-corrected chi connectivity index (χ0v) is 14.3. The summed E-state index contributed by atoms with van der Waals surface area (Å²) in [7, 11) is 1.64. The molecule has 0 unspecified atom stereocenters. The molecule has 0 bridgehead atoms. The van der Waals surface area contributed by atoms with Gasteiger partial charge >= 0.3 is 0 Å². The third kappa shape index (κ3) is 3.58. The molecule has 0 N–H and O–H groups in total. The Hall–Kier alpha value is -2.37. The minimum absolute atomic E-state index is 0.178. The van der Waals surface area contributed by atoms with Crippen LogP contribution in [0.1, 0.15) is 16.2 Å². The fourth-order valence-corrected chi connectivity index (χ4v) is 2.65. The van der Waals surface area contributed by atoms with Gasteiger partial charge in [-0.2, -0.15) is 0 Å². The third-order valence-corrected chi connectivity index (χ3v) is 3.92. The largest absolute Gasteiger partial charge is 0.419 e. The maximum atomic E-state index is 12.5. The number of rotatable bonds is 4.